The maximum atomic E-state index is 12.7. The van der Waals surface area contributed by atoms with Crippen LogP contribution in [0.4, 0.5) is 5.69 Å². The summed E-state index contributed by atoms with van der Waals surface area (Å²) >= 11 is 5.22. The Labute approximate surface area is 178 Å². The van der Waals surface area contributed by atoms with Gasteiger partial charge in [0.05, 0.1) is 11.4 Å². The number of pyridine rings is 1. The number of benzene rings is 2. The van der Waals surface area contributed by atoms with E-state index < -0.39 is 5.91 Å². The number of para-hydroxylation sites is 2. The van der Waals surface area contributed by atoms with Crippen molar-refractivity contribution in [1.29, 1.82) is 0 Å². The van der Waals surface area contributed by atoms with Gasteiger partial charge in [0.1, 0.15) is 0 Å². The van der Waals surface area contributed by atoms with Crippen LogP contribution in [-0.4, -0.2) is 25.8 Å². The molecule has 3 N–H and O–H groups in total. The first-order valence-electron chi connectivity index (χ1n) is 9.19. The molecular weight excluding hydrogens is 396 g/mol. The number of amides is 1. The van der Waals surface area contributed by atoms with E-state index in [1.165, 1.54) is 0 Å². The summed E-state index contributed by atoms with van der Waals surface area (Å²) in [6.07, 6.45) is 3.40. The van der Waals surface area contributed by atoms with Crippen molar-refractivity contribution < 1.29 is 4.79 Å². The molecule has 30 heavy (non-hydrogen) atoms. The number of hydrogen-bond donors (Lipinski definition) is 3. The highest BCUT2D eigenvalue weighted by atomic mass is 32.1. The summed E-state index contributed by atoms with van der Waals surface area (Å²) in [6.45, 7) is 0. The van der Waals surface area contributed by atoms with Gasteiger partial charge >= 0.3 is 0 Å². The highest BCUT2D eigenvalue weighted by molar-refractivity contribution is 7.80. The molecule has 0 aliphatic heterocycles. The maximum absolute atomic E-state index is 12.7. The molecule has 4 rings (SSSR count). The number of rotatable bonds is 4. The van der Waals surface area contributed by atoms with E-state index in [1.54, 1.807) is 23.1 Å². The maximum Gasteiger partial charge on any atom is 0.290 e. The minimum Gasteiger partial charge on any atom is -0.331 e. The van der Waals surface area contributed by atoms with Crippen LogP contribution in [0.5, 0.6) is 0 Å². The number of hydrazine groups is 1. The van der Waals surface area contributed by atoms with E-state index in [4.69, 9.17) is 12.2 Å². The highest BCUT2D eigenvalue weighted by Crippen LogP contribution is 2.23. The summed E-state index contributed by atoms with van der Waals surface area (Å²) in [7, 11) is 0. The number of thiocarbonyl (C=S) groups is 1. The topological polar surface area (TPSA) is 83.9 Å². The second-order valence-electron chi connectivity index (χ2n) is 6.30. The molecule has 0 fully saturated rings. The highest BCUT2D eigenvalue weighted by Gasteiger charge is 2.17. The second-order valence-corrected chi connectivity index (χ2v) is 6.71. The van der Waals surface area contributed by atoms with Crippen LogP contribution in [0.15, 0.2) is 91.3 Å². The largest absolute Gasteiger partial charge is 0.331 e. The summed E-state index contributed by atoms with van der Waals surface area (Å²) in [4.78, 5) is 16.7. The molecule has 0 saturated heterocycles. The average Bonchev–Trinajstić information content (AvgIpc) is 3.25. The minimum absolute atomic E-state index is 0.251. The quantitative estimate of drug-likeness (QED) is 0.350. The first-order chi connectivity index (χ1) is 14.7. The molecule has 0 atom stereocenters. The third kappa shape index (κ3) is 4.50. The Hall–Kier alpha value is -4.04. The molecule has 7 nitrogen and oxygen atoms in total. The van der Waals surface area contributed by atoms with Gasteiger partial charge in [-0.25, -0.2) is 4.68 Å². The van der Waals surface area contributed by atoms with Gasteiger partial charge in [-0.05, 0) is 54.7 Å². The van der Waals surface area contributed by atoms with Crippen LogP contribution in [0.3, 0.4) is 0 Å². The SMILES string of the molecule is O=C(NNC(=S)Nc1ccccc1)c1cc(-c2ccncc2)n(-c2ccccc2)n1. The predicted molar refractivity (Wildman–Crippen MR) is 120 cm³/mol. The lowest BCUT2D eigenvalue weighted by atomic mass is 10.2. The van der Waals surface area contributed by atoms with Crippen LogP contribution in [0, 0.1) is 0 Å². The van der Waals surface area contributed by atoms with Crippen molar-refractivity contribution in [3.8, 4) is 16.9 Å². The van der Waals surface area contributed by atoms with Crippen LogP contribution in [0.25, 0.3) is 16.9 Å². The van der Waals surface area contributed by atoms with Crippen molar-refractivity contribution in [2.45, 2.75) is 0 Å². The molecule has 148 valence electrons. The zero-order valence-corrected chi connectivity index (χ0v) is 16.6. The van der Waals surface area contributed by atoms with Crippen LogP contribution >= 0.6 is 12.2 Å². The van der Waals surface area contributed by atoms with Crippen molar-refractivity contribution in [3.63, 3.8) is 0 Å². The summed E-state index contributed by atoms with van der Waals surface area (Å²) in [5.41, 5.74) is 8.87. The lowest BCUT2D eigenvalue weighted by molar-refractivity contribution is 0.0938. The van der Waals surface area contributed by atoms with E-state index in [-0.39, 0.29) is 10.8 Å². The fraction of sp³-hybridized carbons (Fsp3) is 0. The monoisotopic (exact) mass is 414 g/mol. The van der Waals surface area contributed by atoms with E-state index in [2.05, 4.69) is 26.3 Å². The van der Waals surface area contributed by atoms with Crippen molar-refractivity contribution in [1.82, 2.24) is 25.6 Å². The lowest BCUT2D eigenvalue weighted by Crippen LogP contribution is -2.43. The summed E-state index contributed by atoms with van der Waals surface area (Å²) in [5, 5.41) is 7.76. The lowest BCUT2D eigenvalue weighted by Gasteiger charge is -2.10. The van der Waals surface area contributed by atoms with Crippen LogP contribution in [-0.2, 0) is 0 Å². The van der Waals surface area contributed by atoms with Gasteiger partial charge in [0.25, 0.3) is 5.91 Å². The second kappa shape index (κ2) is 8.97. The van der Waals surface area contributed by atoms with Gasteiger partial charge in [-0.15, -0.1) is 0 Å². The van der Waals surface area contributed by atoms with Gasteiger partial charge in [0.2, 0.25) is 0 Å². The third-order valence-electron chi connectivity index (χ3n) is 4.24. The molecule has 0 unspecified atom stereocenters. The number of carbonyl (C=O) groups excluding carboxylic acids is 1. The first-order valence-corrected chi connectivity index (χ1v) is 9.60. The summed E-state index contributed by atoms with van der Waals surface area (Å²) < 4.78 is 1.73. The number of anilines is 1. The number of nitrogens with zero attached hydrogens (tertiary/aromatic N) is 3. The van der Waals surface area contributed by atoms with E-state index in [0.29, 0.717) is 0 Å². The first kappa shape index (κ1) is 19.3. The fourth-order valence-corrected chi connectivity index (χ4v) is 3.02. The molecular formula is C22H18N6OS. The number of hydrogen-bond acceptors (Lipinski definition) is 4. The Bertz CT molecular complexity index is 1090. The van der Waals surface area contributed by atoms with Gasteiger partial charge in [0.15, 0.2) is 10.8 Å². The molecule has 4 aromatic rings. The zero-order valence-electron chi connectivity index (χ0n) is 15.8. The number of aromatic nitrogens is 3. The Balaban J connectivity index is 1.53. The molecule has 0 aliphatic carbocycles. The third-order valence-corrected chi connectivity index (χ3v) is 4.44. The fourth-order valence-electron chi connectivity index (χ4n) is 2.85. The van der Waals surface area contributed by atoms with Gasteiger partial charge in [-0.3, -0.25) is 20.6 Å². The molecule has 2 heterocycles. The van der Waals surface area contributed by atoms with Gasteiger partial charge < -0.3 is 5.32 Å². The Kier molecular flexibility index (Phi) is 5.77. The molecule has 1 amide bonds. The molecule has 2 aromatic carbocycles. The normalized spacial score (nSPS) is 10.3. The molecule has 0 spiro atoms. The predicted octanol–water partition coefficient (Wildman–Crippen LogP) is 3.57. The molecule has 8 heteroatoms. The smallest absolute Gasteiger partial charge is 0.290 e. The van der Waals surface area contributed by atoms with Crippen molar-refractivity contribution >= 4 is 28.9 Å². The zero-order chi connectivity index (χ0) is 20.8. The van der Waals surface area contributed by atoms with E-state index in [9.17, 15) is 4.79 Å². The Morgan fingerprint density at radius 2 is 1.53 bits per heavy atom. The molecule has 2 aromatic heterocycles. The number of nitrogens with one attached hydrogen (secondary N) is 3. The Morgan fingerprint density at radius 1 is 0.867 bits per heavy atom. The van der Waals surface area contributed by atoms with Crippen LogP contribution in [0.2, 0.25) is 0 Å². The van der Waals surface area contributed by atoms with Gasteiger partial charge in [0, 0.05) is 23.6 Å². The summed E-state index contributed by atoms with van der Waals surface area (Å²) in [5.74, 6) is -0.405. The van der Waals surface area contributed by atoms with Crippen LogP contribution < -0.4 is 16.2 Å². The van der Waals surface area contributed by atoms with Gasteiger partial charge in [-0.2, -0.15) is 5.10 Å². The van der Waals surface area contributed by atoms with Crippen molar-refractivity contribution in [2.75, 3.05) is 5.32 Å². The summed E-state index contributed by atoms with van der Waals surface area (Å²) in [6, 6.07) is 24.5. The van der Waals surface area contributed by atoms with Crippen molar-refractivity contribution in [2.24, 2.45) is 0 Å². The van der Waals surface area contributed by atoms with E-state index >= 15 is 0 Å². The van der Waals surface area contributed by atoms with Crippen molar-refractivity contribution in [3.05, 3.63) is 97.0 Å². The molecule has 0 bridgehead atoms. The Morgan fingerprint density at radius 3 is 2.23 bits per heavy atom. The van der Waals surface area contributed by atoms with Crippen LogP contribution in [0.1, 0.15) is 10.5 Å². The van der Waals surface area contributed by atoms with E-state index in [1.807, 2.05) is 72.8 Å². The minimum atomic E-state index is -0.405. The number of carbonyl (C=O) groups is 1. The molecule has 0 aliphatic rings. The average molecular weight is 414 g/mol. The molecule has 0 radical (unpaired) electrons. The molecule has 0 saturated carbocycles. The van der Waals surface area contributed by atoms with Gasteiger partial charge in [-0.1, -0.05) is 36.4 Å². The standard InChI is InChI=1S/C22H18N6OS/c29-21(25-26-22(30)24-17-7-3-1-4-8-17)19-15-20(16-11-13-23-14-12-16)28(27-19)18-9-5-2-6-10-18/h1-15H,(H,25,29)(H2,24,26,30). The van der Waals surface area contributed by atoms with E-state index in [0.717, 1.165) is 22.6 Å².